The third kappa shape index (κ3) is 3.75. The third-order valence-corrected chi connectivity index (χ3v) is 4.88. The first kappa shape index (κ1) is 15.8. The molecule has 1 aromatic rings. The van der Waals surface area contributed by atoms with Crippen molar-refractivity contribution in [1.82, 2.24) is 0 Å². The summed E-state index contributed by atoms with van der Waals surface area (Å²) in [5.41, 5.74) is 0.493. The molecule has 1 N–H and O–H groups in total. The maximum absolute atomic E-state index is 11.9. The van der Waals surface area contributed by atoms with Crippen LogP contribution in [0.15, 0.2) is 17.0 Å². The van der Waals surface area contributed by atoms with Crippen LogP contribution in [-0.4, -0.2) is 31.9 Å². The smallest absolute Gasteiger partial charge is 0.335 e. The summed E-state index contributed by atoms with van der Waals surface area (Å²) < 4.78 is 29.7. The molecule has 0 unspecified atom stereocenters. The van der Waals surface area contributed by atoms with Crippen LogP contribution >= 0.6 is 0 Å². The molecule has 1 aliphatic carbocycles. The lowest BCUT2D eigenvalue weighted by Gasteiger charge is -2.24. The zero-order chi connectivity index (χ0) is 15.6. The van der Waals surface area contributed by atoms with E-state index in [2.05, 4.69) is 0 Å². The Morgan fingerprint density at radius 1 is 1.24 bits per heavy atom. The highest BCUT2D eigenvalue weighted by Gasteiger charge is 2.23. The van der Waals surface area contributed by atoms with E-state index in [4.69, 9.17) is 9.84 Å². The van der Waals surface area contributed by atoms with Gasteiger partial charge in [0.25, 0.3) is 0 Å². The first-order valence-corrected chi connectivity index (χ1v) is 8.93. The Kier molecular flexibility index (Phi) is 4.56. The zero-order valence-electron chi connectivity index (χ0n) is 12.3. The second-order valence-corrected chi connectivity index (χ2v) is 7.55. The molecule has 0 aromatic heterocycles. The van der Waals surface area contributed by atoms with Gasteiger partial charge in [-0.15, -0.1) is 0 Å². The molecule has 1 saturated carbocycles. The minimum atomic E-state index is -3.55. The zero-order valence-corrected chi connectivity index (χ0v) is 13.1. The number of rotatable bonds is 4. The van der Waals surface area contributed by atoms with Gasteiger partial charge in [0, 0.05) is 6.26 Å². The summed E-state index contributed by atoms with van der Waals surface area (Å²) in [5, 5.41) is 9.13. The van der Waals surface area contributed by atoms with Gasteiger partial charge in [-0.3, -0.25) is 0 Å². The van der Waals surface area contributed by atoms with Crippen molar-refractivity contribution in [2.75, 3.05) is 6.26 Å². The standard InChI is InChI=1S/C15H20O5S/c1-10-8-13(20-11-6-4-3-5-7-11)14(21(2,18)19)9-12(10)15(16)17/h8-9,11H,3-7H2,1-2H3,(H,16,17). The van der Waals surface area contributed by atoms with Crippen molar-refractivity contribution >= 4 is 15.8 Å². The second-order valence-electron chi connectivity index (χ2n) is 5.57. The van der Waals surface area contributed by atoms with Gasteiger partial charge in [-0.05, 0) is 50.3 Å². The summed E-state index contributed by atoms with van der Waals surface area (Å²) in [6, 6.07) is 2.72. The van der Waals surface area contributed by atoms with Crippen LogP contribution in [0.25, 0.3) is 0 Å². The van der Waals surface area contributed by atoms with Crippen LogP contribution in [-0.2, 0) is 9.84 Å². The van der Waals surface area contributed by atoms with Gasteiger partial charge in [-0.2, -0.15) is 0 Å². The molecule has 0 bridgehead atoms. The van der Waals surface area contributed by atoms with Crippen molar-refractivity contribution in [1.29, 1.82) is 0 Å². The molecule has 21 heavy (non-hydrogen) atoms. The molecule has 0 atom stereocenters. The highest BCUT2D eigenvalue weighted by molar-refractivity contribution is 7.90. The number of carboxylic acid groups (broad SMARTS) is 1. The van der Waals surface area contributed by atoms with Crippen molar-refractivity contribution in [3.05, 3.63) is 23.3 Å². The average Bonchev–Trinajstić information content (AvgIpc) is 2.38. The van der Waals surface area contributed by atoms with E-state index in [1.54, 1.807) is 6.92 Å². The van der Waals surface area contributed by atoms with E-state index in [0.29, 0.717) is 5.56 Å². The van der Waals surface area contributed by atoms with Gasteiger partial charge in [-0.25, -0.2) is 13.2 Å². The maximum atomic E-state index is 11.9. The molecular formula is C15H20O5S. The van der Waals surface area contributed by atoms with Crippen molar-refractivity contribution in [2.24, 2.45) is 0 Å². The fraction of sp³-hybridized carbons (Fsp3) is 0.533. The number of benzene rings is 1. The molecule has 0 radical (unpaired) electrons. The van der Waals surface area contributed by atoms with E-state index in [1.165, 1.54) is 18.6 Å². The lowest BCUT2D eigenvalue weighted by molar-refractivity contribution is 0.0695. The first-order valence-electron chi connectivity index (χ1n) is 7.03. The molecule has 0 heterocycles. The molecule has 5 nitrogen and oxygen atoms in total. The SMILES string of the molecule is Cc1cc(OC2CCCCC2)c(S(C)(=O)=O)cc1C(=O)O. The van der Waals surface area contributed by atoms with Gasteiger partial charge in [0.1, 0.15) is 10.6 Å². The van der Waals surface area contributed by atoms with Gasteiger partial charge < -0.3 is 9.84 Å². The Hall–Kier alpha value is -1.56. The summed E-state index contributed by atoms with van der Waals surface area (Å²) in [5.74, 6) is -0.867. The number of carboxylic acids is 1. The van der Waals surface area contributed by atoms with Gasteiger partial charge in [0.05, 0.1) is 11.7 Å². The molecule has 0 saturated heterocycles. The summed E-state index contributed by atoms with van der Waals surface area (Å²) >= 11 is 0. The van der Waals surface area contributed by atoms with E-state index in [-0.39, 0.29) is 22.3 Å². The number of ether oxygens (including phenoxy) is 1. The number of hydrogen-bond acceptors (Lipinski definition) is 4. The van der Waals surface area contributed by atoms with Crippen LogP contribution in [0, 0.1) is 6.92 Å². The van der Waals surface area contributed by atoms with E-state index in [9.17, 15) is 13.2 Å². The Balaban J connectivity index is 2.43. The third-order valence-electron chi connectivity index (χ3n) is 3.77. The summed E-state index contributed by atoms with van der Waals surface area (Å²) in [6.07, 6.45) is 6.21. The second kappa shape index (κ2) is 6.05. The van der Waals surface area contributed by atoms with Crippen LogP contribution in [0.1, 0.15) is 48.0 Å². The molecule has 6 heteroatoms. The van der Waals surface area contributed by atoms with E-state index >= 15 is 0 Å². The highest BCUT2D eigenvalue weighted by Crippen LogP contribution is 2.31. The summed E-state index contributed by atoms with van der Waals surface area (Å²) in [7, 11) is -3.55. The van der Waals surface area contributed by atoms with Crippen molar-refractivity contribution < 1.29 is 23.1 Å². The normalized spacial score (nSPS) is 16.7. The van der Waals surface area contributed by atoms with Crippen molar-refractivity contribution in [2.45, 2.75) is 50.0 Å². The molecule has 0 amide bonds. The lowest BCUT2D eigenvalue weighted by Crippen LogP contribution is -2.21. The van der Waals surface area contributed by atoms with Gasteiger partial charge in [-0.1, -0.05) is 6.42 Å². The quantitative estimate of drug-likeness (QED) is 0.924. The Morgan fingerprint density at radius 2 is 1.86 bits per heavy atom. The van der Waals surface area contributed by atoms with Crippen LogP contribution < -0.4 is 4.74 Å². The van der Waals surface area contributed by atoms with Crippen molar-refractivity contribution in [3.8, 4) is 5.75 Å². The molecule has 116 valence electrons. The Morgan fingerprint density at radius 3 is 2.38 bits per heavy atom. The highest BCUT2D eigenvalue weighted by atomic mass is 32.2. The number of aryl methyl sites for hydroxylation is 1. The number of aromatic carboxylic acids is 1. The monoisotopic (exact) mass is 312 g/mol. The predicted octanol–water partition coefficient (Wildman–Crippen LogP) is 2.81. The fourth-order valence-corrected chi connectivity index (χ4v) is 3.44. The fourth-order valence-electron chi connectivity index (χ4n) is 2.64. The van der Waals surface area contributed by atoms with E-state index < -0.39 is 15.8 Å². The first-order chi connectivity index (χ1) is 9.79. The Bertz CT molecular complexity index is 642. The predicted molar refractivity (Wildman–Crippen MR) is 78.7 cm³/mol. The van der Waals surface area contributed by atoms with Crippen LogP contribution in [0.5, 0.6) is 5.75 Å². The molecular weight excluding hydrogens is 292 g/mol. The van der Waals surface area contributed by atoms with Gasteiger partial charge >= 0.3 is 5.97 Å². The van der Waals surface area contributed by atoms with Crippen LogP contribution in [0.3, 0.4) is 0 Å². The van der Waals surface area contributed by atoms with Gasteiger partial charge in [0.15, 0.2) is 9.84 Å². The summed E-state index contributed by atoms with van der Waals surface area (Å²) in [4.78, 5) is 11.1. The Labute approximate surface area is 124 Å². The van der Waals surface area contributed by atoms with Gasteiger partial charge in [0.2, 0.25) is 0 Å². The lowest BCUT2D eigenvalue weighted by atomic mass is 9.98. The topological polar surface area (TPSA) is 80.7 Å². The van der Waals surface area contributed by atoms with E-state index in [1.807, 2.05) is 0 Å². The molecule has 1 aromatic carbocycles. The minimum absolute atomic E-state index is 0.00795. The van der Waals surface area contributed by atoms with Crippen LogP contribution in [0.2, 0.25) is 0 Å². The molecule has 1 aliphatic rings. The largest absolute Gasteiger partial charge is 0.489 e. The number of sulfone groups is 1. The van der Waals surface area contributed by atoms with Crippen molar-refractivity contribution in [3.63, 3.8) is 0 Å². The minimum Gasteiger partial charge on any atom is -0.489 e. The van der Waals surface area contributed by atoms with Crippen LogP contribution in [0.4, 0.5) is 0 Å². The number of hydrogen-bond donors (Lipinski definition) is 1. The molecule has 2 rings (SSSR count). The summed E-state index contributed by atoms with van der Waals surface area (Å²) in [6.45, 7) is 1.64. The van der Waals surface area contributed by atoms with E-state index in [0.717, 1.165) is 31.9 Å². The maximum Gasteiger partial charge on any atom is 0.335 e. The molecule has 0 spiro atoms. The average molecular weight is 312 g/mol. The molecule has 1 fully saturated rings. The number of carbonyl (C=O) groups is 1. The molecule has 0 aliphatic heterocycles.